The van der Waals surface area contributed by atoms with Crippen LogP contribution in [0.5, 0.6) is 0 Å². The van der Waals surface area contributed by atoms with Crippen LogP contribution >= 0.6 is 0 Å². The first-order valence-electron chi connectivity index (χ1n) is 4.89. The van der Waals surface area contributed by atoms with Crippen LogP contribution in [0.1, 0.15) is 12.8 Å². The van der Waals surface area contributed by atoms with Crippen LogP contribution in [0.15, 0.2) is 4.99 Å². The summed E-state index contributed by atoms with van der Waals surface area (Å²) in [5, 5.41) is 8.79. The van der Waals surface area contributed by atoms with Gasteiger partial charge in [-0.3, -0.25) is 4.99 Å². The number of hydrogen-bond acceptors (Lipinski definition) is 4. The van der Waals surface area contributed by atoms with Gasteiger partial charge in [0, 0.05) is 13.1 Å². The number of hydrogen-bond donors (Lipinski definition) is 1. The third kappa shape index (κ3) is 1.87. The molecule has 0 amide bonds. The van der Waals surface area contributed by atoms with Crippen molar-refractivity contribution in [2.45, 2.75) is 18.9 Å². The van der Waals surface area contributed by atoms with Crippen molar-refractivity contribution in [1.82, 2.24) is 4.90 Å². The van der Waals surface area contributed by atoms with E-state index >= 15 is 0 Å². The fourth-order valence-electron chi connectivity index (χ4n) is 1.79. The van der Waals surface area contributed by atoms with Gasteiger partial charge in [-0.2, -0.15) is 0 Å². The largest absolute Gasteiger partial charge is 0.480 e. The van der Waals surface area contributed by atoms with Crippen LogP contribution in [0, 0.1) is 0 Å². The molecule has 0 saturated carbocycles. The maximum Gasteiger partial charge on any atom is 0.330 e. The Morgan fingerprint density at radius 1 is 1.50 bits per heavy atom. The first kappa shape index (κ1) is 9.45. The lowest BCUT2D eigenvalue weighted by atomic mass is 10.3. The SMILES string of the molecule is O=C(O)C1COCC(N2CCCC2)=N1. The third-order valence-corrected chi connectivity index (χ3v) is 2.57. The number of aliphatic imine (C=N–C) groups is 1. The molecule has 1 atom stereocenters. The topological polar surface area (TPSA) is 62.1 Å². The van der Waals surface area contributed by atoms with Crippen molar-refractivity contribution in [2.24, 2.45) is 4.99 Å². The fraction of sp³-hybridized carbons (Fsp3) is 0.778. The lowest BCUT2D eigenvalue weighted by molar-refractivity contribution is -0.140. The summed E-state index contributed by atoms with van der Waals surface area (Å²) in [5.74, 6) is -0.0949. The molecule has 0 aliphatic carbocycles. The molecule has 0 spiro atoms. The molecule has 78 valence electrons. The van der Waals surface area contributed by atoms with Crippen LogP contribution in [0.4, 0.5) is 0 Å². The minimum Gasteiger partial charge on any atom is -0.480 e. The van der Waals surface area contributed by atoms with Crippen molar-refractivity contribution in [1.29, 1.82) is 0 Å². The predicted octanol–water partition coefficient (Wildman–Crippen LogP) is -0.0359. The zero-order valence-electron chi connectivity index (χ0n) is 7.98. The standard InChI is InChI=1S/C9H14N2O3/c12-9(13)7-5-14-6-8(10-7)11-3-1-2-4-11/h7H,1-6H2,(H,12,13). The molecule has 1 N–H and O–H groups in total. The second kappa shape index (κ2) is 3.96. The van der Waals surface area contributed by atoms with Crippen LogP contribution in [0.2, 0.25) is 0 Å². The molecular weight excluding hydrogens is 184 g/mol. The Hall–Kier alpha value is -1.10. The fourth-order valence-corrected chi connectivity index (χ4v) is 1.79. The average Bonchev–Trinajstić information content (AvgIpc) is 2.71. The second-order valence-electron chi connectivity index (χ2n) is 3.61. The number of amidine groups is 1. The normalized spacial score (nSPS) is 27.6. The van der Waals surface area contributed by atoms with Crippen molar-refractivity contribution in [3.63, 3.8) is 0 Å². The van der Waals surface area contributed by atoms with Crippen LogP contribution < -0.4 is 0 Å². The molecule has 0 bridgehead atoms. The lowest BCUT2D eigenvalue weighted by Crippen LogP contribution is -2.40. The smallest absolute Gasteiger partial charge is 0.330 e. The molecule has 0 aromatic carbocycles. The van der Waals surface area contributed by atoms with E-state index in [-0.39, 0.29) is 6.61 Å². The molecule has 2 aliphatic rings. The Labute approximate surface area is 82.4 Å². The van der Waals surface area contributed by atoms with E-state index in [0.29, 0.717) is 6.61 Å². The summed E-state index contributed by atoms with van der Waals surface area (Å²) in [7, 11) is 0. The molecule has 14 heavy (non-hydrogen) atoms. The minimum absolute atomic E-state index is 0.201. The Kier molecular flexibility index (Phi) is 2.67. The Morgan fingerprint density at radius 2 is 2.21 bits per heavy atom. The first-order valence-corrected chi connectivity index (χ1v) is 4.89. The molecular formula is C9H14N2O3. The van der Waals surface area contributed by atoms with Crippen LogP contribution in [-0.2, 0) is 9.53 Å². The van der Waals surface area contributed by atoms with Crippen molar-refractivity contribution in [3.05, 3.63) is 0 Å². The van der Waals surface area contributed by atoms with E-state index in [2.05, 4.69) is 9.89 Å². The number of rotatable bonds is 1. The molecule has 1 saturated heterocycles. The van der Waals surface area contributed by atoms with Crippen LogP contribution in [0.3, 0.4) is 0 Å². The van der Waals surface area contributed by atoms with E-state index in [0.717, 1.165) is 31.8 Å². The summed E-state index contributed by atoms with van der Waals surface area (Å²) in [6.45, 7) is 2.62. The molecule has 2 heterocycles. The number of ether oxygens (including phenoxy) is 1. The third-order valence-electron chi connectivity index (χ3n) is 2.57. The van der Waals surface area contributed by atoms with Gasteiger partial charge in [-0.05, 0) is 12.8 Å². The quantitative estimate of drug-likeness (QED) is 0.642. The lowest BCUT2D eigenvalue weighted by Gasteiger charge is -2.25. The van der Waals surface area contributed by atoms with E-state index in [9.17, 15) is 4.79 Å². The molecule has 0 radical (unpaired) electrons. The predicted molar refractivity (Wildman–Crippen MR) is 50.5 cm³/mol. The summed E-state index contributed by atoms with van der Waals surface area (Å²) in [5.41, 5.74) is 0. The molecule has 1 fully saturated rings. The summed E-state index contributed by atoms with van der Waals surface area (Å²) < 4.78 is 5.22. The summed E-state index contributed by atoms with van der Waals surface area (Å²) in [6.07, 6.45) is 2.33. The molecule has 2 aliphatic heterocycles. The number of likely N-dealkylation sites (tertiary alicyclic amines) is 1. The molecule has 0 aromatic heterocycles. The zero-order chi connectivity index (χ0) is 9.97. The second-order valence-corrected chi connectivity index (χ2v) is 3.61. The highest BCUT2D eigenvalue weighted by atomic mass is 16.5. The van der Waals surface area contributed by atoms with E-state index in [1.807, 2.05) is 0 Å². The van der Waals surface area contributed by atoms with Gasteiger partial charge < -0.3 is 14.7 Å². The Balaban J connectivity index is 2.06. The van der Waals surface area contributed by atoms with Gasteiger partial charge in [0.25, 0.3) is 0 Å². The van der Waals surface area contributed by atoms with E-state index in [1.54, 1.807) is 0 Å². The number of carboxylic acids is 1. The van der Waals surface area contributed by atoms with Gasteiger partial charge in [0.15, 0.2) is 6.04 Å². The van der Waals surface area contributed by atoms with Gasteiger partial charge in [0.2, 0.25) is 0 Å². The van der Waals surface area contributed by atoms with Gasteiger partial charge >= 0.3 is 5.97 Å². The maximum atomic E-state index is 10.7. The van der Waals surface area contributed by atoms with Gasteiger partial charge in [-0.1, -0.05) is 0 Å². The van der Waals surface area contributed by atoms with Crippen molar-refractivity contribution >= 4 is 11.8 Å². The van der Waals surface area contributed by atoms with E-state index < -0.39 is 12.0 Å². The summed E-state index contributed by atoms with van der Waals surface area (Å²) >= 11 is 0. The molecule has 0 aromatic rings. The molecule has 5 nitrogen and oxygen atoms in total. The molecule has 2 rings (SSSR count). The highest BCUT2D eigenvalue weighted by molar-refractivity contribution is 5.87. The van der Waals surface area contributed by atoms with Crippen molar-refractivity contribution in [3.8, 4) is 0 Å². The number of carbonyl (C=O) groups is 1. The van der Waals surface area contributed by atoms with Gasteiger partial charge in [0.05, 0.1) is 6.61 Å². The van der Waals surface area contributed by atoms with Crippen molar-refractivity contribution < 1.29 is 14.6 Å². The monoisotopic (exact) mass is 198 g/mol. The van der Waals surface area contributed by atoms with Crippen LogP contribution in [-0.4, -0.2) is 54.2 Å². The maximum absolute atomic E-state index is 10.7. The summed E-state index contributed by atoms with van der Waals surface area (Å²) in [4.78, 5) is 17.0. The van der Waals surface area contributed by atoms with Crippen molar-refractivity contribution in [2.75, 3.05) is 26.3 Å². The summed E-state index contributed by atoms with van der Waals surface area (Å²) in [6, 6.07) is -0.709. The van der Waals surface area contributed by atoms with E-state index in [1.165, 1.54) is 0 Å². The number of aliphatic carboxylic acids is 1. The number of carboxylic acid groups (broad SMARTS) is 1. The zero-order valence-corrected chi connectivity index (χ0v) is 7.98. The highest BCUT2D eigenvalue weighted by Gasteiger charge is 2.25. The minimum atomic E-state index is -0.901. The van der Waals surface area contributed by atoms with E-state index in [4.69, 9.17) is 9.84 Å². The molecule has 5 heteroatoms. The van der Waals surface area contributed by atoms with Gasteiger partial charge in [0.1, 0.15) is 12.4 Å². The number of nitrogens with zero attached hydrogens (tertiary/aromatic N) is 2. The van der Waals surface area contributed by atoms with Gasteiger partial charge in [-0.25, -0.2) is 4.79 Å². The van der Waals surface area contributed by atoms with Crippen LogP contribution in [0.25, 0.3) is 0 Å². The molecule has 1 unspecified atom stereocenters. The Morgan fingerprint density at radius 3 is 2.86 bits per heavy atom. The van der Waals surface area contributed by atoms with Gasteiger partial charge in [-0.15, -0.1) is 0 Å². The highest BCUT2D eigenvalue weighted by Crippen LogP contribution is 2.12. The first-order chi connectivity index (χ1) is 6.77. The average molecular weight is 198 g/mol. The Bertz CT molecular complexity index is 259.